The molecule has 1 heterocycles. The molecule has 0 atom stereocenters. The van der Waals surface area contributed by atoms with Crippen molar-refractivity contribution in [3.63, 3.8) is 0 Å². The van der Waals surface area contributed by atoms with Crippen molar-refractivity contribution in [1.29, 1.82) is 0 Å². The lowest BCUT2D eigenvalue weighted by Gasteiger charge is -2.00. The molecule has 0 fully saturated rings. The minimum atomic E-state index is -0.721. The molecule has 0 saturated carbocycles. The Kier molecular flexibility index (Phi) is 10.2. The number of hydrogen-bond acceptors (Lipinski definition) is 4. The normalized spacial score (nSPS) is 11.2. The zero-order valence-electron chi connectivity index (χ0n) is 14.8. The van der Waals surface area contributed by atoms with Crippen molar-refractivity contribution >= 4 is 29.2 Å². The van der Waals surface area contributed by atoms with Crippen LogP contribution in [0.15, 0.2) is 6.08 Å². The van der Waals surface area contributed by atoms with Crippen LogP contribution in [0.2, 0.25) is 0 Å². The van der Waals surface area contributed by atoms with Crippen LogP contribution in [0, 0.1) is 6.92 Å². The van der Waals surface area contributed by atoms with Crippen molar-refractivity contribution in [2.24, 2.45) is 0 Å². The quantitative estimate of drug-likeness (QED) is 0.392. The number of unbranched alkanes of at least 4 members (excludes halogenated alkanes) is 5. The third-order valence-electron chi connectivity index (χ3n) is 3.84. The minimum Gasteiger partial charge on any atom is -0.481 e. The number of carbonyl (C=O) groups excluding carboxylic acids is 1. The maximum absolute atomic E-state index is 11.8. The van der Waals surface area contributed by atoms with Crippen LogP contribution in [0.1, 0.15) is 80.3 Å². The molecular weight excluding hydrogens is 322 g/mol. The predicted octanol–water partition coefficient (Wildman–Crippen LogP) is 5.19. The lowest BCUT2D eigenvalue weighted by atomic mass is 10.1. The molecule has 0 amide bonds. The highest BCUT2D eigenvalue weighted by Crippen LogP contribution is 2.22. The van der Waals surface area contributed by atoms with Gasteiger partial charge in [0.05, 0.1) is 15.6 Å². The average Bonchev–Trinajstić information content (AvgIpc) is 2.88. The van der Waals surface area contributed by atoms with E-state index in [0.717, 1.165) is 66.9 Å². The molecule has 0 aromatic carbocycles. The standard InChI is InChI=1S/C19H29NO3S/c1-3-4-7-10-16(21)13-14-18-17(20-15(2)24-18)11-8-5-6-9-12-19(22)23/h13-14H,3-12H2,1-2H3,(H,22,23)/b14-13+. The summed E-state index contributed by atoms with van der Waals surface area (Å²) in [7, 11) is 0. The Hall–Kier alpha value is -1.49. The minimum absolute atomic E-state index is 0.189. The van der Waals surface area contributed by atoms with Crippen molar-refractivity contribution in [3.05, 3.63) is 21.7 Å². The lowest BCUT2D eigenvalue weighted by Crippen LogP contribution is -1.94. The molecule has 0 unspecified atom stereocenters. The maximum atomic E-state index is 11.8. The second kappa shape index (κ2) is 12.0. The second-order valence-corrected chi connectivity index (χ2v) is 7.34. The zero-order chi connectivity index (χ0) is 17.8. The van der Waals surface area contributed by atoms with E-state index in [0.29, 0.717) is 6.42 Å². The molecule has 4 nitrogen and oxygen atoms in total. The van der Waals surface area contributed by atoms with Crippen LogP contribution in [-0.4, -0.2) is 21.8 Å². The van der Waals surface area contributed by atoms with E-state index in [9.17, 15) is 9.59 Å². The summed E-state index contributed by atoms with van der Waals surface area (Å²) in [6.45, 7) is 4.12. The van der Waals surface area contributed by atoms with Gasteiger partial charge in [-0.15, -0.1) is 11.3 Å². The van der Waals surface area contributed by atoms with E-state index in [4.69, 9.17) is 5.11 Å². The number of rotatable bonds is 13. The molecule has 1 rings (SSSR count). The Morgan fingerprint density at radius 2 is 1.79 bits per heavy atom. The van der Waals surface area contributed by atoms with Gasteiger partial charge in [-0.1, -0.05) is 32.6 Å². The Bertz CT molecular complexity index is 549. The van der Waals surface area contributed by atoms with Crippen LogP contribution < -0.4 is 0 Å². The van der Waals surface area contributed by atoms with Crippen LogP contribution in [-0.2, 0) is 16.0 Å². The maximum Gasteiger partial charge on any atom is 0.303 e. The van der Waals surface area contributed by atoms with Gasteiger partial charge in [-0.05, 0) is 44.8 Å². The van der Waals surface area contributed by atoms with E-state index in [2.05, 4.69) is 11.9 Å². The number of hydrogen-bond donors (Lipinski definition) is 1. The summed E-state index contributed by atoms with van der Waals surface area (Å²) in [6, 6.07) is 0. The fourth-order valence-corrected chi connectivity index (χ4v) is 3.39. The summed E-state index contributed by atoms with van der Waals surface area (Å²) in [5, 5.41) is 9.64. The van der Waals surface area contributed by atoms with E-state index in [1.54, 1.807) is 17.4 Å². The first kappa shape index (κ1) is 20.6. The smallest absolute Gasteiger partial charge is 0.303 e. The molecule has 0 radical (unpaired) electrons. The highest BCUT2D eigenvalue weighted by Gasteiger charge is 2.07. The van der Waals surface area contributed by atoms with Gasteiger partial charge in [-0.3, -0.25) is 9.59 Å². The predicted molar refractivity (Wildman–Crippen MR) is 99.5 cm³/mol. The summed E-state index contributed by atoms with van der Waals surface area (Å²) in [5.74, 6) is -0.532. The molecule has 1 aromatic rings. The van der Waals surface area contributed by atoms with Gasteiger partial charge in [0, 0.05) is 12.8 Å². The van der Waals surface area contributed by atoms with Crippen molar-refractivity contribution in [3.8, 4) is 0 Å². The number of aryl methyl sites for hydroxylation is 2. The van der Waals surface area contributed by atoms with Gasteiger partial charge in [0.15, 0.2) is 5.78 Å². The number of carbonyl (C=O) groups is 2. The number of carboxylic acids is 1. The molecule has 1 aromatic heterocycles. The van der Waals surface area contributed by atoms with Gasteiger partial charge in [-0.25, -0.2) is 4.98 Å². The molecule has 0 aliphatic heterocycles. The SMILES string of the molecule is CCCCCC(=O)/C=C/c1sc(C)nc1CCCCCCC(=O)O. The largest absolute Gasteiger partial charge is 0.481 e. The number of allylic oxidation sites excluding steroid dienone is 1. The molecule has 0 aliphatic rings. The topological polar surface area (TPSA) is 67.3 Å². The Morgan fingerprint density at radius 1 is 1.08 bits per heavy atom. The number of thiazole rings is 1. The monoisotopic (exact) mass is 351 g/mol. The van der Waals surface area contributed by atoms with E-state index < -0.39 is 5.97 Å². The molecule has 1 N–H and O–H groups in total. The van der Waals surface area contributed by atoms with Gasteiger partial charge in [-0.2, -0.15) is 0 Å². The van der Waals surface area contributed by atoms with Crippen molar-refractivity contribution < 1.29 is 14.7 Å². The molecular formula is C19H29NO3S. The molecule has 0 aliphatic carbocycles. The fourth-order valence-electron chi connectivity index (χ4n) is 2.52. The van der Waals surface area contributed by atoms with E-state index in [1.165, 1.54) is 0 Å². The van der Waals surface area contributed by atoms with Crippen molar-refractivity contribution in [1.82, 2.24) is 4.98 Å². The van der Waals surface area contributed by atoms with Crippen LogP contribution in [0.5, 0.6) is 0 Å². The molecule has 24 heavy (non-hydrogen) atoms. The van der Waals surface area contributed by atoms with Gasteiger partial charge in [0.2, 0.25) is 0 Å². The number of nitrogens with zero attached hydrogens (tertiary/aromatic N) is 1. The molecule has 5 heteroatoms. The summed E-state index contributed by atoms with van der Waals surface area (Å²) >= 11 is 1.63. The first-order chi connectivity index (χ1) is 11.5. The fraction of sp³-hybridized carbons (Fsp3) is 0.632. The Balaban J connectivity index is 2.40. The molecule has 0 saturated heterocycles. The van der Waals surface area contributed by atoms with Gasteiger partial charge in [0.25, 0.3) is 0 Å². The second-order valence-electron chi connectivity index (χ2n) is 6.11. The summed E-state index contributed by atoms with van der Waals surface area (Å²) in [4.78, 5) is 28.0. The molecule has 134 valence electrons. The van der Waals surface area contributed by atoms with Crippen LogP contribution in [0.25, 0.3) is 6.08 Å². The third-order valence-corrected chi connectivity index (χ3v) is 4.81. The zero-order valence-corrected chi connectivity index (χ0v) is 15.7. The summed E-state index contributed by atoms with van der Waals surface area (Å²) in [6.07, 6.45) is 12.3. The molecule has 0 spiro atoms. The lowest BCUT2D eigenvalue weighted by molar-refractivity contribution is -0.137. The van der Waals surface area contributed by atoms with Crippen molar-refractivity contribution in [2.45, 2.75) is 78.1 Å². The van der Waals surface area contributed by atoms with Crippen molar-refractivity contribution in [2.75, 3.05) is 0 Å². The number of aliphatic carboxylic acids is 1. The number of carboxylic acid groups (broad SMARTS) is 1. The number of ketones is 1. The van der Waals surface area contributed by atoms with Crippen LogP contribution in [0.4, 0.5) is 0 Å². The highest BCUT2D eigenvalue weighted by molar-refractivity contribution is 7.12. The number of aromatic nitrogens is 1. The average molecular weight is 352 g/mol. The van der Waals surface area contributed by atoms with Crippen LogP contribution in [0.3, 0.4) is 0 Å². The summed E-state index contributed by atoms with van der Waals surface area (Å²) in [5.41, 5.74) is 1.06. The first-order valence-corrected chi connectivity index (χ1v) is 9.73. The van der Waals surface area contributed by atoms with Gasteiger partial charge < -0.3 is 5.11 Å². The van der Waals surface area contributed by atoms with E-state index in [1.807, 2.05) is 13.0 Å². The Labute approximate surface area is 149 Å². The Morgan fingerprint density at radius 3 is 2.50 bits per heavy atom. The third kappa shape index (κ3) is 8.96. The van der Waals surface area contributed by atoms with Gasteiger partial charge >= 0.3 is 5.97 Å². The molecule has 0 bridgehead atoms. The summed E-state index contributed by atoms with van der Waals surface area (Å²) < 4.78 is 0. The first-order valence-electron chi connectivity index (χ1n) is 8.92. The van der Waals surface area contributed by atoms with Crippen LogP contribution >= 0.6 is 11.3 Å². The van der Waals surface area contributed by atoms with E-state index >= 15 is 0 Å². The van der Waals surface area contributed by atoms with E-state index in [-0.39, 0.29) is 12.2 Å². The highest BCUT2D eigenvalue weighted by atomic mass is 32.1. The van der Waals surface area contributed by atoms with Gasteiger partial charge in [0.1, 0.15) is 0 Å².